The molecule has 0 unspecified atom stereocenters. The van der Waals surface area contributed by atoms with E-state index in [1.165, 1.54) is 18.2 Å². The summed E-state index contributed by atoms with van der Waals surface area (Å²) in [5.74, 6) is -1.39. The van der Waals surface area contributed by atoms with Crippen molar-refractivity contribution in [2.24, 2.45) is 4.99 Å². The van der Waals surface area contributed by atoms with Crippen molar-refractivity contribution in [3.8, 4) is 5.75 Å². The van der Waals surface area contributed by atoms with Crippen molar-refractivity contribution in [2.75, 3.05) is 20.2 Å². The Kier molecular flexibility index (Phi) is 6.48. The zero-order valence-corrected chi connectivity index (χ0v) is 13.2. The van der Waals surface area contributed by atoms with Gasteiger partial charge in [0, 0.05) is 19.7 Å². The van der Waals surface area contributed by atoms with Crippen molar-refractivity contribution in [3.05, 3.63) is 65.5 Å². The fourth-order valence-corrected chi connectivity index (χ4v) is 1.96. The van der Waals surface area contributed by atoms with E-state index in [1.807, 2.05) is 0 Å². The van der Waals surface area contributed by atoms with E-state index >= 15 is 0 Å². The number of rotatable bonds is 6. The summed E-state index contributed by atoms with van der Waals surface area (Å²) in [6.45, 7) is 1.06. The third kappa shape index (κ3) is 5.49. The first-order valence-corrected chi connectivity index (χ1v) is 7.35. The predicted molar refractivity (Wildman–Crippen MR) is 86.5 cm³/mol. The first-order valence-electron chi connectivity index (χ1n) is 7.35. The van der Waals surface area contributed by atoms with E-state index in [1.54, 1.807) is 19.2 Å². The standard InChI is InChI=1S/C17H18F3N3O/c1-21-17(23-11-12-3-2-4-13(18)9-12)22-7-8-24-14-5-6-15(19)16(20)10-14/h2-6,9-10H,7-8,11H2,1H3,(H2,21,22,23). The molecule has 2 rings (SSSR count). The molecule has 0 saturated carbocycles. The van der Waals surface area contributed by atoms with E-state index in [0.717, 1.165) is 17.7 Å². The molecule has 0 amide bonds. The van der Waals surface area contributed by atoms with Crippen LogP contribution in [0, 0.1) is 17.5 Å². The van der Waals surface area contributed by atoms with Crippen LogP contribution in [0.1, 0.15) is 5.56 Å². The molecule has 0 atom stereocenters. The number of nitrogens with zero attached hydrogens (tertiary/aromatic N) is 1. The smallest absolute Gasteiger partial charge is 0.191 e. The van der Waals surface area contributed by atoms with Crippen molar-refractivity contribution in [1.29, 1.82) is 0 Å². The van der Waals surface area contributed by atoms with Crippen molar-refractivity contribution >= 4 is 5.96 Å². The Hall–Kier alpha value is -2.70. The van der Waals surface area contributed by atoms with E-state index in [4.69, 9.17) is 4.74 Å². The van der Waals surface area contributed by atoms with Gasteiger partial charge < -0.3 is 15.4 Å². The van der Waals surface area contributed by atoms with Gasteiger partial charge in [0.2, 0.25) is 0 Å². The number of nitrogens with one attached hydrogen (secondary N) is 2. The van der Waals surface area contributed by atoms with E-state index in [9.17, 15) is 13.2 Å². The van der Waals surface area contributed by atoms with Crippen LogP contribution < -0.4 is 15.4 Å². The van der Waals surface area contributed by atoms with Crippen LogP contribution in [-0.4, -0.2) is 26.2 Å². The predicted octanol–water partition coefficient (Wildman–Crippen LogP) is 2.85. The molecular weight excluding hydrogens is 319 g/mol. The number of guanidine groups is 1. The number of aliphatic imine (C=N–C) groups is 1. The van der Waals surface area contributed by atoms with Gasteiger partial charge in [0.25, 0.3) is 0 Å². The lowest BCUT2D eigenvalue weighted by atomic mass is 10.2. The van der Waals surface area contributed by atoms with E-state index < -0.39 is 11.6 Å². The molecule has 0 heterocycles. The van der Waals surface area contributed by atoms with Gasteiger partial charge in [-0.1, -0.05) is 12.1 Å². The van der Waals surface area contributed by atoms with Gasteiger partial charge >= 0.3 is 0 Å². The Morgan fingerprint density at radius 1 is 1.04 bits per heavy atom. The van der Waals surface area contributed by atoms with Crippen LogP contribution in [0.3, 0.4) is 0 Å². The molecule has 7 heteroatoms. The lowest BCUT2D eigenvalue weighted by Crippen LogP contribution is -2.38. The summed E-state index contributed by atoms with van der Waals surface area (Å²) in [5, 5.41) is 6.04. The number of hydrogen-bond acceptors (Lipinski definition) is 2. The first-order chi connectivity index (χ1) is 11.6. The molecule has 0 aliphatic rings. The highest BCUT2D eigenvalue weighted by Gasteiger charge is 2.03. The van der Waals surface area contributed by atoms with Crippen molar-refractivity contribution in [3.63, 3.8) is 0 Å². The Morgan fingerprint density at radius 3 is 2.58 bits per heavy atom. The summed E-state index contributed by atoms with van der Waals surface area (Å²) in [6.07, 6.45) is 0. The molecule has 0 aromatic heterocycles. The van der Waals surface area contributed by atoms with Gasteiger partial charge in [0.05, 0.1) is 6.54 Å². The lowest BCUT2D eigenvalue weighted by Gasteiger charge is -2.12. The molecule has 0 spiro atoms. The largest absolute Gasteiger partial charge is 0.492 e. The Labute approximate surface area is 138 Å². The molecule has 0 bridgehead atoms. The third-order valence-corrected chi connectivity index (χ3v) is 3.13. The summed E-state index contributed by atoms with van der Waals surface area (Å²) in [7, 11) is 1.61. The molecular formula is C17H18F3N3O. The summed E-state index contributed by atoms with van der Waals surface area (Å²) in [6, 6.07) is 9.62. The van der Waals surface area contributed by atoms with Crippen LogP contribution in [0.25, 0.3) is 0 Å². The van der Waals surface area contributed by atoms with E-state index in [2.05, 4.69) is 15.6 Å². The molecule has 0 aliphatic carbocycles. The van der Waals surface area contributed by atoms with Crippen LogP contribution >= 0.6 is 0 Å². The average Bonchev–Trinajstić information content (AvgIpc) is 2.57. The number of hydrogen-bond donors (Lipinski definition) is 2. The van der Waals surface area contributed by atoms with Crippen molar-refractivity contribution in [1.82, 2.24) is 10.6 Å². The van der Waals surface area contributed by atoms with Crippen LogP contribution in [0.5, 0.6) is 5.75 Å². The number of benzene rings is 2. The summed E-state index contributed by atoms with van der Waals surface area (Å²) >= 11 is 0. The van der Waals surface area contributed by atoms with Crippen molar-refractivity contribution in [2.45, 2.75) is 6.54 Å². The highest BCUT2D eigenvalue weighted by molar-refractivity contribution is 5.79. The van der Waals surface area contributed by atoms with Crippen molar-refractivity contribution < 1.29 is 17.9 Å². The van der Waals surface area contributed by atoms with Gasteiger partial charge in [-0.15, -0.1) is 0 Å². The molecule has 2 N–H and O–H groups in total. The second kappa shape index (κ2) is 8.81. The molecule has 24 heavy (non-hydrogen) atoms. The van der Waals surface area contributed by atoms with Gasteiger partial charge in [-0.3, -0.25) is 4.99 Å². The summed E-state index contributed by atoms with van der Waals surface area (Å²) in [5.41, 5.74) is 0.788. The Balaban J connectivity index is 1.72. The Bertz CT molecular complexity index is 707. The maximum Gasteiger partial charge on any atom is 0.191 e. The van der Waals surface area contributed by atoms with Crippen LogP contribution in [0.2, 0.25) is 0 Å². The van der Waals surface area contributed by atoms with Crippen LogP contribution in [0.15, 0.2) is 47.5 Å². The fourth-order valence-electron chi connectivity index (χ4n) is 1.96. The third-order valence-electron chi connectivity index (χ3n) is 3.13. The normalized spacial score (nSPS) is 11.2. The maximum atomic E-state index is 13.1. The quantitative estimate of drug-likeness (QED) is 0.484. The second-order valence-electron chi connectivity index (χ2n) is 4.91. The number of halogens is 3. The number of ether oxygens (including phenoxy) is 1. The fraction of sp³-hybridized carbons (Fsp3) is 0.235. The van der Waals surface area contributed by atoms with Gasteiger partial charge in [0.1, 0.15) is 18.2 Å². The molecule has 0 saturated heterocycles. The average molecular weight is 337 g/mol. The second-order valence-corrected chi connectivity index (χ2v) is 4.91. The monoisotopic (exact) mass is 337 g/mol. The molecule has 128 valence electrons. The molecule has 0 radical (unpaired) electrons. The topological polar surface area (TPSA) is 45.7 Å². The highest BCUT2D eigenvalue weighted by Crippen LogP contribution is 2.14. The van der Waals surface area contributed by atoms with Gasteiger partial charge in [-0.2, -0.15) is 0 Å². The van der Waals surface area contributed by atoms with Gasteiger partial charge in [0.15, 0.2) is 17.6 Å². The van der Waals surface area contributed by atoms with E-state index in [-0.39, 0.29) is 18.2 Å². The zero-order valence-electron chi connectivity index (χ0n) is 13.2. The minimum absolute atomic E-state index is 0.242. The summed E-state index contributed by atoms with van der Waals surface area (Å²) in [4.78, 5) is 4.03. The molecule has 4 nitrogen and oxygen atoms in total. The van der Waals surface area contributed by atoms with Gasteiger partial charge in [-0.05, 0) is 29.8 Å². The van der Waals surface area contributed by atoms with Gasteiger partial charge in [-0.25, -0.2) is 13.2 Å². The first kappa shape index (κ1) is 17.7. The highest BCUT2D eigenvalue weighted by atomic mass is 19.2. The minimum Gasteiger partial charge on any atom is -0.492 e. The van der Waals surface area contributed by atoms with Crippen LogP contribution in [-0.2, 0) is 6.54 Å². The van der Waals surface area contributed by atoms with Crippen LogP contribution in [0.4, 0.5) is 13.2 Å². The zero-order chi connectivity index (χ0) is 17.4. The molecule has 0 aliphatic heterocycles. The minimum atomic E-state index is -0.951. The Morgan fingerprint density at radius 2 is 1.88 bits per heavy atom. The maximum absolute atomic E-state index is 13.1. The molecule has 0 fully saturated rings. The summed E-state index contributed by atoms with van der Waals surface area (Å²) < 4.78 is 44.2. The molecule has 2 aromatic carbocycles. The SMILES string of the molecule is CN=C(NCCOc1ccc(F)c(F)c1)NCc1cccc(F)c1. The lowest BCUT2D eigenvalue weighted by molar-refractivity contribution is 0.318. The van der Waals surface area contributed by atoms with E-state index in [0.29, 0.717) is 19.0 Å². The molecule has 2 aromatic rings.